The zero-order valence-corrected chi connectivity index (χ0v) is 23.2. The largest absolute Gasteiger partial charge is 0.494 e. The fourth-order valence-electron chi connectivity index (χ4n) is 4.28. The molecule has 12 heteroatoms. The van der Waals surface area contributed by atoms with Gasteiger partial charge in [0, 0.05) is 18.7 Å². The first-order valence-corrected chi connectivity index (χ1v) is 14.6. The van der Waals surface area contributed by atoms with Gasteiger partial charge in [0.25, 0.3) is 21.6 Å². The molecule has 0 radical (unpaired) electrons. The molecule has 1 fully saturated rings. The van der Waals surface area contributed by atoms with E-state index in [2.05, 4.69) is 5.43 Å². The van der Waals surface area contributed by atoms with Crippen molar-refractivity contribution in [3.8, 4) is 5.88 Å². The Morgan fingerprint density at radius 1 is 1.05 bits per heavy atom. The number of aromatic hydroxyl groups is 1. The van der Waals surface area contributed by atoms with Gasteiger partial charge < -0.3 is 5.11 Å². The van der Waals surface area contributed by atoms with Gasteiger partial charge in [-0.25, -0.2) is 15.2 Å². The number of aromatic nitrogens is 2. The Morgan fingerprint density at radius 3 is 2.31 bits per heavy atom. The summed E-state index contributed by atoms with van der Waals surface area (Å²) in [5.41, 5.74) is 2.93. The average Bonchev–Trinajstić information content (AvgIpc) is 3.18. The lowest BCUT2D eigenvalue weighted by Gasteiger charge is -2.21. The van der Waals surface area contributed by atoms with E-state index < -0.39 is 26.6 Å². The first kappa shape index (κ1) is 30.1. The van der Waals surface area contributed by atoms with Crippen LogP contribution in [0.4, 0.5) is 0 Å². The highest BCUT2D eigenvalue weighted by molar-refractivity contribution is 7.86. The van der Waals surface area contributed by atoms with E-state index in [0.29, 0.717) is 30.7 Å². The third-order valence-corrected chi connectivity index (χ3v) is 7.70. The second kappa shape index (κ2) is 13.0. The number of allylic oxidation sites excluding steroid dienone is 6. The predicted octanol–water partition coefficient (Wildman–Crippen LogP) is 2.65. The van der Waals surface area contributed by atoms with Gasteiger partial charge in [-0.3, -0.25) is 23.3 Å². The highest BCUT2D eigenvalue weighted by atomic mass is 32.2. The average molecular weight is 561 g/mol. The van der Waals surface area contributed by atoms with Crippen LogP contribution in [0.15, 0.2) is 63.4 Å². The van der Waals surface area contributed by atoms with Gasteiger partial charge in [-0.2, -0.15) is 8.42 Å². The van der Waals surface area contributed by atoms with Crippen molar-refractivity contribution in [2.24, 2.45) is 0 Å². The standard InChI is InChI=1S/C27H36N4O7S/c1-4-6-17-29-24(32)23(25(33)30(27(29)35)18-7-5-2)12-10-8-9-11-22-19(3)28-31(26(22)34)20-13-15-21(16-14-20)39(36,37)38/h8-15,19,21,28,32H,4-7,16-18H2,1-3H3,(H,36,37,38)/b9-8-,12-10+,22-11+/t19?,21-/m0/s1. The van der Waals surface area contributed by atoms with Crippen molar-refractivity contribution in [1.29, 1.82) is 0 Å². The minimum atomic E-state index is -4.20. The van der Waals surface area contributed by atoms with Gasteiger partial charge in [0.15, 0.2) is 0 Å². The summed E-state index contributed by atoms with van der Waals surface area (Å²) in [6.07, 6.45) is 15.3. The number of hydrazine groups is 1. The number of unbranched alkanes of at least 4 members (excludes halogenated alkanes) is 2. The zero-order valence-electron chi connectivity index (χ0n) is 22.4. The molecule has 0 spiro atoms. The van der Waals surface area contributed by atoms with E-state index in [0.717, 1.165) is 17.4 Å². The maximum Gasteiger partial charge on any atom is 0.333 e. The van der Waals surface area contributed by atoms with Gasteiger partial charge in [-0.05, 0) is 38.3 Å². The Labute approximate surface area is 227 Å². The molecule has 2 heterocycles. The van der Waals surface area contributed by atoms with Crippen LogP contribution in [0.3, 0.4) is 0 Å². The van der Waals surface area contributed by atoms with Crippen LogP contribution in [0.2, 0.25) is 0 Å². The van der Waals surface area contributed by atoms with Gasteiger partial charge in [0.05, 0.1) is 11.7 Å². The van der Waals surface area contributed by atoms with Crippen LogP contribution >= 0.6 is 0 Å². The van der Waals surface area contributed by atoms with E-state index in [1.807, 2.05) is 13.8 Å². The normalized spacial score (nSPS) is 21.1. The second-order valence-electron chi connectivity index (χ2n) is 9.47. The molecule has 2 atom stereocenters. The SMILES string of the molecule is CCCCn1c(O)c(/C=C/C=C\C=C2\C(=O)N(C3=CC[C@@H](S(=O)(=O)O)C=C3)NC2C)c(=O)n(CCCC)c1=O. The molecule has 0 bridgehead atoms. The summed E-state index contributed by atoms with van der Waals surface area (Å²) in [6, 6.07) is -0.323. The van der Waals surface area contributed by atoms with Gasteiger partial charge >= 0.3 is 5.69 Å². The first-order chi connectivity index (χ1) is 18.5. The molecule has 3 N–H and O–H groups in total. The Hall–Kier alpha value is -3.48. The third kappa shape index (κ3) is 6.94. The summed E-state index contributed by atoms with van der Waals surface area (Å²) in [5, 5.41) is 11.0. The van der Waals surface area contributed by atoms with E-state index >= 15 is 0 Å². The molecule has 11 nitrogen and oxygen atoms in total. The molecule has 1 aromatic heterocycles. The Balaban J connectivity index is 1.79. The minimum Gasteiger partial charge on any atom is -0.494 e. The maximum absolute atomic E-state index is 12.9. The van der Waals surface area contributed by atoms with E-state index in [4.69, 9.17) is 0 Å². The molecule has 1 aliphatic carbocycles. The minimum absolute atomic E-state index is 0.0245. The molecule has 2 aliphatic rings. The van der Waals surface area contributed by atoms with Crippen LogP contribution in [0.5, 0.6) is 5.88 Å². The summed E-state index contributed by atoms with van der Waals surface area (Å²) in [4.78, 5) is 38.7. The van der Waals surface area contributed by atoms with Crippen molar-refractivity contribution in [2.45, 2.75) is 77.3 Å². The number of carbonyl (C=O) groups excluding carboxylic acids is 1. The molecule has 1 aromatic rings. The van der Waals surface area contributed by atoms with Crippen molar-refractivity contribution in [3.05, 3.63) is 80.2 Å². The number of rotatable bonds is 11. The molecule has 212 valence electrons. The number of hydrogen-bond acceptors (Lipinski definition) is 7. The van der Waals surface area contributed by atoms with Crippen LogP contribution in [0.1, 0.15) is 58.4 Å². The first-order valence-electron chi connectivity index (χ1n) is 13.1. The van der Waals surface area contributed by atoms with Crippen LogP contribution in [-0.2, 0) is 28.0 Å². The number of nitrogens with zero attached hydrogens (tertiary/aromatic N) is 3. The molecule has 1 saturated heterocycles. The van der Waals surface area contributed by atoms with Gasteiger partial charge in [0.2, 0.25) is 5.88 Å². The van der Waals surface area contributed by atoms with Crippen molar-refractivity contribution in [1.82, 2.24) is 19.6 Å². The summed E-state index contributed by atoms with van der Waals surface area (Å²) in [6.45, 7) is 6.32. The fraction of sp³-hybridized carbons (Fsp3) is 0.444. The lowest BCUT2D eigenvalue weighted by molar-refractivity contribution is -0.124. The van der Waals surface area contributed by atoms with E-state index in [1.54, 1.807) is 37.3 Å². The Kier molecular flexibility index (Phi) is 10.1. The second-order valence-corrected chi connectivity index (χ2v) is 11.1. The van der Waals surface area contributed by atoms with Crippen LogP contribution in [-0.4, -0.2) is 49.4 Å². The Bertz CT molecular complexity index is 1460. The number of amides is 1. The molecule has 1 unspecified atom stereocenters. The molecule has 1 aliphatic heterocycles. The molecule has 3 rings (SSSR count). The third-order valence-electron chi connectivity index (χ3n) is 6.59. The van der Waals surface area contributed by atoms with Crippen molar-refractivity contribution >= 4 is 22.1 Å². The van der Waals surface area contributed by atoms with Crippen LogP contribution in [0, 0.1) is 0 Å². The van der Waals surface area contributed by atoms with Crippen molar-refractivity contribution in [3.63, 3.8) is 0 Å². The lowest BCUT2D eigenvalue weighted by atomic mass is 10.1. The van der Waals surface area contributed by atoms with E-state index in [-0.39, 0.29) is 36.4 Å². The summed E-state index contributed by atoms with van der Waals surface area (Å²) < 4.78 is 34.3. The van der Waals surface area contributed by atoms with Crippen molar-refractivity contribution in [2.75, 3.05) is 0 Å². The summed E-state index contributed by atoms with van der Waals surface area (Å²) in [7, 11) is -4.20. The van der Waals surface area contributed by atoms with Crippen LogP contribution < -0.4 is 16.7 Å². The van der Waals surface area contributed by atoms with Crippen LogP contribution in [0.25, 0.3) is 6.08 Å². The highest BCUT2D eigenvalue weighted by Gasteiger charge is 2.34. The number of carbonyl (C=O) groups is 1. The number of nitrogens with one attached hydrogen (secondary N) is 1. The predicted molar refractivity (Wildman–Crippen MR) is 149 cm³/mol. The highest BCUT2D eigenvalue weighted by Crippen LogP contribution is 2.24. The quantitative estimate of drug-likeness (QED) is 0.212. The lowest BCUT2D eigenvalue weighted by Crippen LogP contribution is -2.41. The number of hydrogen-bond donors (Lipinski definition) is 3. The Morgan fingerprint density at radius 2 is 1.72 bits per heavy atom. The van der Waals surface area contributed by atoms with Gasteiger partial charge in [0.1, 0.15) is 10.8 Å². The maximum atomic E-state index is 12.9. The summed E-state index contributed by atoms with van der Waals surface area (Å²) >= 11 is 0. The molecule has 0 aromatic carbocycles. The summed E-state index contributed by atoms with van der Waals surface area (Å²) in [5.74, 6) is -0.671. The topological polar surface area (TPSA) is 151 Å². The fourth-order valence-corrected chi connectivity index (χ4v) is 4.90. The molecular weight excluding hydrogens is 524 g/mol. The van der Waals surface area contributed by atoms with Crippen molar-refractivity contribution < 1.29 is 22.9 Å². The van der Waals surface area contributed by atoms with Gasteiger partial charge in [-0.15, -0.1) is 0 Å². The smallest absolute Gasteiger partial charge is 0.333 e. The zero-order chi connectivity index (χ0) is 28.7. The molecule has 39 heavy (non-hydrogen) atoms. The van der Waals surface area contributed by atoms with E-state index in [9.17, 15) is 32.5 Å². The molecule has 0 saturated carbocycles. The van der Waals surface area contributed by atoms with E-state index in [1.165, 1.54) is 27.8 Å². The molecule has 1 amide bonds. The van der Waals surface area contributed by atoms with Gasteiger partial charge in [-0.1, -0.05) is 63.1 Å². The monoisotopic (exact) mass is 560 g/mol. The molecular formula is C27H36N4O7S.